The highest BCUT2D eigenvalue weighted by atomic mass is 14.5. The summed E-state index contributed by atoms with van der Waals surface area (Å²) in [6.45, 7) is 10.0. The van der Waals surface area contributed by atoms with Crippen LogP contribution in [-0.4, -0.2) is 6.54 Å². The van der Waals surface area contributed by atoms with E-state index in [4.69, 9.17) is 5.73 Å². The molecule has 0 heterocycles. The smallest absolute Gasteiger partial charge is 0.0109 e. The van der Waals surface area contributed by atoms with Gasteiger partial charge in [-0.15, -0.1) is 0 Å². The van der Waals surface area contributed by atoms with Crippen LogP contribution in [0.4, 0.5) is 0 Å². The summed E-state index contributed by atoms with van der Waals surface area (Å²) in [5.74, 6) is 0. The van der Waals surface area contributed by atoms with Gasteiger partial charge in [0, 0.05) is 6.54 Å². The lowest BCUT2D eigenvalue weighted by Gasteiger charge is -2.42. The first-order chi connectivity index (χ1) is 10.4. The molecule has 1 aliphatic rings. The second kappa shape index (κ2) is 6.66. The average Bonchev–Trinajstić information content (AvgIpc) is 2.48. The lowest BCUT2D eigenvalue weighted by atomic mass is 9.63. The van der Waals surface area contributed by atoms with Gasteiger partial charge >= 0.3 is 0 Å². The van der Waals surface area contributed by atoms with Crippen molar-refractivity contribution in [3.05, 3.63) is 65.3 Å². The van der Waals surface area contributed by atoms with Crippen LogP contribution in [-0.2, 0) is 10.8 Å². The number of rotatable bonds is 4. The summed E-state index contributed by atoms with van der Waals surface area (Å²) in [5.41, 5.74) is 10.3. The highest BCUT2D eigenvalue weighted by molar-refractivity contribution is 5.56. The molecule has 1 nitrogen and oxygen atoms in total. The molecule has 2 rings (SSSR count). The van der Waals surface area contributed by atoms with E-state index in [1.165, 1.54) is 29.5 Å². The van der Waals surface area contributed by atoms with E-state index < -0.39 is 0 Å². The van der Waals surface area contributed by atoms with Gasteiger partial charge < -0.3 is 5.73 Å². The highest BCUT2D eigenvalue weighted by Crippen LogP contribution is 2.45. The van der Waals surface area contributed by atoms with Crippen molar-refractivity contribution in [1.29, 1.82) is 0 Å². The van der Waals surface area contributed by atoms with Crippen LogP contribution >= 0.6 is 0 Å². The van der Waals surface area contributed by atoms with Crippen LogP contribution in [0.2, 0.25) is 0 Å². The predicted molar refractivity (Wildman–Crippen MR) is 98.1 cm³/mol. The molecule has 1 aromatic carbocycles. The van der Waals surface area contributed by atoms with Gasteiger partial charge in [0.2, 0.25) is 0 Å². The zero-order valence-electron chi connectivity index (χ0n) is 14.4. The SMILES string of the molecule is CC1(C)CCC(C)(C)c2cc(/C=C/C=C/C=C/CN)ccc21. The van der Waals surface area contributed by atoms with Gasteiger partial charge in [0.25, 0.3) is 0 Å². The van der Waals surface area contributed by atoms with Crippen molar-refractivity contribution in [2.24, 2.45) is 5.73 Å². The first-order valence-corrected chi connectivity index (χ1v) is 8.22. The van der Waals surface area contributed by atoms with Gasteiger partial charge in [-0.3, -0.25) is 0 Å². The molecule has 0 unspecified atom stereocenters. The zero-order chi connectivity index (χ0) is 16.2. The van der Waals surface area contributed by atoms with Crippen LogP contribution in [0.15, 0.2) is 48.6 Å². The molecule has 0 atom stereocenters. The summed E-state index contributed by atoms with van der Waals surface area (Å²) in [6.07, 6.45) is 14.7. The van der Waals surface area contributed by atoms with E-state index in [2.05, 4.69) is 58.0 Å². The third-order valence-electron chi connectivity index (χ3n) is 4.77. The molecule has 0 saturated heterocycles. The maximum absolute atomic E-state index is 5.41. The Hall–Kier alpha value is -1.60. The largest absolute Gasteiger partial charge is 0.327 e. The Balaban J connectivity index is 2.25. The van der Waals surface area contributed by atoms with Crippen molar-refractivity contribution < 1.29 is 0 Å². The zero-order valence-corrected chi connectivity index (χ0v) is 14.4. The first-order valence-electron chi connectivity index (χ1n) is 8.22. The molecule has 0 aliphatic heterocycles. The Kier molecular flexibility index (Phi) is 5.08. The standard InChI is InChI=1S/C21H29N/c1-20(2)13-14-21(3,4)19-16-17(11-12-18(19)20)10-8-6-5-7-9-15-22/h5-12,16H,13-15,22H2,1-4H3/b6-5+,9-7+,10-8+. The van der Waals surface area contributed by atoms with Crippen LogP contribution in [0.25, 0.3) is 6.08 Å². The summed E-state index contributed by atoms with van der Waals surface area (Å²) in [6, 6.07) is 6.94. The summed E-state index contributed by atoms with van der Waals surface area (Å²) >= 11 is 0. The van der Waals surface area contributed by atoms with E-state index in [-0.39, 0.29) is 5.41 Å². The number of allylic oxidation sites excluding steroid dienone is 4. The van der Waals surface area contributed by atoms with Crippen LogP contribution in [0.5, 0.6) is 0 Å². The first kappa shape index (κ1) is 16.8. The molecule has 118 valence electrons. The fourth-order valence-electron chi connectivity index (χ4n) is 3.16. The molecule has 1 heteroatoms. The van der Waals surface area contributed by atoms with Gasteiger partial charge in [0.1, 0.15) is 0 Å². The predicted octanol–water partition coefficient (Wildman–Crippen LogP) is 5.12. The Morgan fingerprint density at radius 1 is 0.909 bits per heavy atom. The lowest BCUT2D eigenvalue weighted by molar-refractivity contribution is 0.332. The molecule has 22 heavy (non-hydrogen) atoms. The molecule has 0 saturated carbocycles. The van der Waals surface area contributed by atoms with Crippen molar-refractivity contribution in [2.45, 2.75) is 51.4 Å². The van der Waals surface area contributed by atoms with E-state index in [0.717, 1.165) is 0 Å². The topological polar surface area (TPSA) is 26.0 Å². The van der Waals surface area contributed by atoms with Gasteiger partial charge in [-0.1, -0.05) is 82.4 Å². The molecule has 0 bridgehead atoms. The third-order valence-corrected chi connectivity index (χ3v) is 4.77. The van der Waals surface area contributed by atoms with Crippen molar-refractivity contribution >= 4 is 6.08 Å². The van der Waals surface area contributed by atoms with E-state index in [1.54, 1.807) is 0 Å². The number of benzene rings is 1. The second-order valence-electron chi connectivity index (χ2n) is 7.48. The van der Waals surface area contributed by atoms with Crippen LogP contribution in [0, 0.1) is 0 Å². The Labute approximate surface area is 135 Å². The van der Waals surface area contributed by atoms with Crippen LogP contribution in [0.1, 0.15) is 57.2 Å². The fraction of sp³-hybridized carbons (Fsp3) is 0.429. The van der Waals surface area contributed by atoms with Gasteiger partial charge in [0.15, 0.2) is 0 Å². The van der Waals surface area contributed by atoms with Crippen molar-refractivity contribution in [3.8, 4) is 0 Å². The van der Waals surface area contributed by atoms with Crippen LogP contribution in [0.3, 0.4) is 0 Å². The van der Waals surface area contributed by atoms with E-state index in [0.29, 0.717) is 12.0 Å². The molecule has 0 amide bonds. The number of nitrogens with two attached hydrogens (primary N) is 1. The number of hydrogen-bond donors (Lipinski definition) is 1. The summed E-state index contributed by atoms with van der Waals surface area (Å²) in [7, 11) is 0. The molecule has 0 fully saturated rings. The monoisotopic (exact) mass is 295 g/mol. The summed E-state index contributed by atoms with van der Waals surface area (Å²) < 4.78 is 0. The molecule has 0 aromatic heterocycles. The van der Waals surface area contributed by atoms with Gasteiger partial charge in [0.05, 0.1) is 0 Å². The highest BCUT2D eigenvalue weighted by Gasteiger charge is 2.36. The van der Waals surface area contributed by atoms with Crippen molar-refractivity contribution in [2.75, 3.05) is 6.54 Å². The van der Waals surface area contributed by atoms with E-state index in [9.17, 15) is 0 Å². The maximum Gasteiger partial charge on any atom is 0.0109 e. The molecule has 1 aliphatic carbocycles. The van der Waals surface area contributed by atoms with E-state index in [1.807, 2.05) is 24.3 Å². The molecule has 0 radical (unpaired) electrons. The van der Waals surface area contributed by atoms with E-state index >= 15 is 0 Å². The minimum atomic E-state index is 0.272. The summed E-state index contributed by atoms with van der Waals surface area (Å²) in [5, 5.41) is 0. The Morgan fingerprint density at radius 2 is 1.55 bits per heavy atom. The van der Waals surface area contributed by atoms with Crippen LogP contribution < -0.4 is 5.73 Å². The Bertz CT molecular complexity index is 600. The third kappa shape index (κ3) is 3.78. The average molecular weight is 295 g/mol. The normalized spacial score (nSPS) is 20.0. The lowest BCUT2D eigenvalue weighted by Crippen LogP contribution is -2.33. The van der Waals surface area contributed by atoms with Crippen molar-refractivity contribution in [3.63, 3.8) is 0 Å². The minimum Gasteiger partial charge on any atom is -0.327 e. The van der Waals surface area contributed by atoms with Crippen molar-refractivity contribution in [1.82, 2.24) is 0 Å². The fourth-order valence-corrected chi connectivity index (χ4v) is 3.16. The number of fused-ring (bicyclic) bond motifs is 1. The van der Waals surface area contributed by atoms with Gasteiger partial charge in [-0.05, 0) is 40.4 Å². The van der Waals surface area contributed by atoms with Gasteiger partial charge in [-0.25, -0.2) is 0 Å². The number of hydrogen-bond acceptors (Lipinski definition) is 1. The van der Waals surface area contributed by atoms with Gasteiger partial charge in [-0.2, -0.15) is 0 Å². The molecular formula is C21H29N. The minimum absolute atomic E-state index is 0.272. The second-order valence-corrected chi connectivity index (χ2v) is 7.48. The Morgan fingerprint density at radius 3 is 2.23 bits per heavy atom. The quantitative estimate of drug-likeness (QED) is 0.767. The molecule has 1 aromatic rings. The summed E-state index contributed by atoms with van der Waals surface area (Å²) in [4.78, 5) is 0. The molecule has 0 spiro atoms. The maximum atomic E-state index is 5.41. The molecular weight excluding hydrogens is 266 g/mol. The molecule has 2 N–H and O–H groups in total.